The minimum absolute atomic E-state index is 0.0808. The average Bonchev–Trinajstić information content (AvgIpc) is 3.32. The Morgan fingerprint density at radius 1 is 1.10 bits per heavy atom. The van der Waals surface area contributed by atoms with E-state index >= 15 is 0 Å². The van der Waals surface area contributed by atoms with Crippen molar-refractivity contribution >= 4 is 0 Å². The molecule has 0 bridgehead atoms. The third-order valence-corrected chi connectivity index (χ3v) is 6.35. The molecule has 2 saturated carbocycles. The first-order valence-corrected chi connectivity index (χ1v) is 8.73. The van der Waals surface area contributed by atoms with Crippen molar-refractivity contribution in [1.29, 1.82) is 0 Å². The molecule has 1 heterocycles. The molecule has 2 heteroatoms. The first-order chi connectivity index (χ1) is 10.3. The Hall–Kier alpha value is -0.890. The van der Waals surface area contributed by atoms with E-state index in [1.807, 2.05) is 6.07 Å². The van der Waals surface area contributed by atoms with Crippen molar-refractivity contribution in [3.63, 3.8) is 0 Å². The van der Waals surface area contributed by atoms with Gasteiger partial charge in [0.2, 0.25) is 0 Å². The first kappa shape index (κ1) is 13.8. The van der Waals surface area contributed by atoms with Crippen LogP contribution in [-0.4, -0.2) is 13.1 Å². The van der Waals surface area contributed by atoms with Gasteiger partial charge in [0.15, 0.2) is 0 Å². The molecule has 114 valence electrons. The summed E-state index contributed by atoms with van der Waals surface area (Å²) in [6, 6.07) is 7.37. The highest BCUT2D eigenvalue weighted by Crippen LogP contribution is 2.56. The Morgan fingerprint density at radius 2 is 2.00 bits per heavy atom. The fourth-order valence-corrected chi connectivity index (χ4v) is 5.13. The molecule has 0 radical (unpaired) electrons. The number of rotatable bonds is 2. The smallest absolute Gasteiger partial charge is 0.123 e. The van der Waals surface area contributed by atoms with E-state index in [1.54, 1.807) is 12.1 Å². The molecular formula is C19H26FN. The maximum Gasteiger partial charge on any atom is 0.123 e. The van der Waals surface area contributed by atoms with Crippen molar-refractivity contribution in [2.45, 2.75) is 50.9 Å². The topological polar surface area (TPSA) is 12.0 Å². The van der Waals surface area contributed by atoms with E-state index in [2.05, 4.69) is 11.4 Å². The molecule has 3 unspecified atom stereocenters. The quantitative estimate of drug-likeness (QED) is 0.845. The molecule has 21 heavy (non-hydrogen) atoms. The molecule has 1 aromatic rings. The maximum atomic E-state index is 13.7. The van der Waals surface area contributed by atoms with Gasteiger partial charge in [0, 0.05) is 12.5 Å². The number of benzene rings is 1. The van der Waals surface area contributed by atoms with Crippen LogP contribution in [0.25, 0.3) is 0 Å². The van der Waals surface area contributed by atoms with Crippen LogP contribution in [0.5, 0.6) is 0 Å². The molecule has 1 N–H and O–H groups in total. The minimum Gasteiger partial charge on any atom is -0.316 e. The zero-order chi connectivity index (χ0) is 14.3. The van der Waals surface area contributed by atoms with Gasteiger partial charge in [-0.25, -0.2) is 4.39 Å². The van der Waals surface area contributed by atoms with Crippen molar-refractivity contribution in [1.82, 2.24) is 5.32 Å². The number of hydrogen-bond donors (Lipinski definition) is 1. The highest BCUT2D eigenvalue weighted by atomic mass is 19.1. The fourth-order valence-electron chi connectivity index (χ4n) is 5.13. The van der Waals surface area contributed by atoms with E-state index in [1.165, 1.54) is 50.5 Å². The highest BCUT2D eigenvalue weighted by Gasteiger charge is 2.47. The monoisotopic (exact) mass is 287 g/mol. The molecule has 1 nitrogen and oxygen atoms in total. The molecule has 2 aliphatic carbocycles. The lowest BCUT2D eigenvalue weighted by Crippen LogP contribution is -2.46. The van der Waals surface area contributed by atoms with Crippen molar-refractivity contribution in [3.8, 4) is 0 Å². The zero-order valence-corrected chi connectivity index (χ0v) is 12.8. The molecule has 3 atom stereocenters. The van der Waals surface area contributed by atoms with E-state index in [4.69, 9.17) is 0 Å². The summed E-state index contributed by atoms with van der Waals surface area (Å²) < 4.78 is 13.7. The molecule has 1 aliphatic heterocycles. The van der Waals surface area contributed by atoms with Gasteiger partial charge >= 0.3 is 0 Å². The second kappa shape index (κ2) is 5.39. The standard InChI is InChI=1S/C19H26FN/c20-17-5-1-3-15(11-17)18-13-21-10-9-19(18)8-2-4-16(12-19)14-6-7-14/h1,3,5,11,14,16,18,21H,2,4,6-10,12-13H2. The van der Waals surface area contributed by atoms with Gasteiger partial charge in [-0.15, -0.1) is 0 Å². The van der Waals surface area contributed by atoms with E-state index in [9.17, 15) is 4.39 Å². The lowest BCUT2D eigenvalue weighted by atomic mass is 9.57. The Bertz CT molecular complexity index is 506. The fraction of sp³-hybridized carbons (Fsp3) is 0.684. The van der Waals surface area contributed by atoms with Gasteiger partial charge in [0.25, 0.3) is 0 Å². The summed E-state index contributed by atoms with van der Waals surface area (Å²) in [6.45, 7) is 2.17. The first-order valence-electron chi connectivity index (χ1n) is 8.73. The second-order valence-electron chi connectivity index (χ2n) is 7.62. The molecule has 4 rings (SSSR count). The van der Waals surface area contributed by atoms with Gasteiger partial charge in [-0.1, -0.05) is 25.0 Å². The van der Waals surface area contributed by atoms with E-state index in [-0.39, 0.29) is 5.82 Å². The van der Waals surface area contributed by atoms with Gasteiger partial charge in [0.05, 0.1) is 0 Å². The van der Waals surface area contributed by atoms with E-state index < -0.39 is 0 Å². The molecule has 1 saturated heterocycles. The van der Waals surface area contributed by atoms with Crippen LogP contribution in [0.1, 0.15) is 56.4 Å². The summed E-state index contributed by atoms with van der Waals surface area (Å²) in [5.41, 5.74) is 1.66. The maximum absolute atomic E-state index is 13.7. The largest absolute Gasteiger partial charge is 0.316 e. The van der Waals surface area contributed by atoms with Crippen LogP contribution in [0.3, 0.4) is 0 Å². The van der Waals surface area contributed by atoms with Gasteiger partial charge in [-0.05, 0) is 73.6 Å². The van der Waals surface area contributed by atoms with Gasteiger partial charge in [-0.2, -0.15) is 0 Å². The van der Waals surface area contributed by atoms with Gasteiger partial charge in [-0.3, -0.25) is 0 Å². The van der Waals surface area contributed by atoms with Crippen LogP contribution in [0.4, 0.5) is 4.39 Å². The molecular weight excluding hydrogens is 261 g/mol. The number of piperidine rings is 1. The molecule has 1 spiro atoms. The second-order valence-corrected chi connectivity index (χ2v) is 7.62. The zero-order valence-electron chi connectivity index (χ0n) is 12.8. The number of hydrogen-bond acceptors (Lipinski definition) is 1. The molecule has 0 amide bonds. The van der Waals surface area contributed by atoms with Crippen LogP contribution < -0.4 is 5.32 Å². The highest BCUT2D eigenvalue weighted by molar-refractivity contribution is 5.25. The summed E-state index contributed by atoms with van der Waals surface area (Å²) in [5, 5.41) is 3.56. The summed E-state index contributed by atoms with van der Waals surface area (Å²) >= 11 is 0. The van der Waals surface area contributed by atoms with Crippen LogP contribution in [-0.2, 0) is 0 Å². The Kier molecular flexibility index (Phi) is 3.53. The average molecular weight is 287 g/mol. The third kappa shape index (κ3) is 2.63. The van der Waals surface area contributed by atoms with Crippen molar-refractivity contribution < 1.29 is 4.39 Å². The predicted octanol–water partition coefficient (Wildman–Crippen LogP) is 4.49. The Labute approximate surface area is 127 Å². The minimum atomic E-state index is -0.0808. The van der Waals surface area contributed by atoms with Crippen molar-refractivity contribution in [3.05, 3.63) is 35.6 Å². The SMILES string of the molecule is Fc1cccc(C2CNCCC23CCCC(C2CC2)C3)c1. The Balaban J connectivity index is 1.63. The number of halogens is 1. The summed E-state index contributed by atoms with van der Waals surface area (Å²) in [4.78, 5) is 0. The lowest BCUT2D eigenvalue weighted by Gasteiger charge is -2.50. The predicted molar refractivity (Wildman–Crippen MR) is 83.7 cm³/mol. The third-order valence-electron chi connectivity index (χ3n) is 6.35. The summed E-state index contributed by atoms with van der Waals surface area (Å²) in [6.07, 6.45) is 9.76. The van der Waals surface area contributed by atoms with Crippen molar-refractivity contribution in [2.75, 3.05) is 13.1 Å². The normalized spacial score (nSPS) is 36.8. The molecule has 0 aromatic heterocycles. The van der Waals surface area contributed by atoms with Gasteiger partial charge in [0.1, 0.15) is 5.82 Å². The van der Waals surface area contributed by atoms with E-state index in [0.717, 1.165) is 24.9 Å². The molecule has 3 fully saturated rings. The number of nitrogens with one attached hydrogen (secondary N) is 1. The Morgan fingerprint density at radius 3 is 2.81 bits per heavy atom. The summed E-state index contributed by atoms with van der Waals surface area (Å²) in [7, 11) is 0. The van der Waals surface area contributed by atoms with Crippen LogP contribution in [0.15, 0.2) is 24.3 Å². The molecule has 3 aliphatic rings. The van der Waals surface area contributed by atoms with Crippen LogP contribution in [0.2, 0.25) is 0 Å². The van der Waals surface area contributed by atoms with Crippen LogP contribution >= 0.6 is 0 Å². The van der Waals surface area contributed by atoms with Crippen molar-refractivity contribution in [2.24, 2.45) is 17.3 Å². The van der Waals surface area contributed by atoms with Crippen LogP contribution in [0, 0.1) is 23.1 Å². The van der Waals surface area contributed by atoms with E-state index in [0.29, 0.717) is 11.3 Å². The summed E-state index contributed by atoms with van der Waals surface area (Å²) in [5.74, 6) is 2.39. The van der Waals surface area contributed by atoms with Gasteiger partial charge < -0.3 is 5.32 Å². The molecule has 1 aromatic carbocycles. The lowest BCUT2D eigenvalue weighted by molar-refractivity contribution is 0.0628.